The molecule has 1 aromatic carbocycles. The van der Waals surface area contributed by atoms with Crippen LogP contribution in [0.1, 0.15) is 44.9 Å². The van der Waals surface area contributed by atoms with Gasteiger partial charge in [0.1, 0.15) is 0 Å². The quantitative estimate of drug-likeness (QED) is 0.605. The Labute approximate surface area is 132 Å². The predicted octanol–water partition coefficient (Wildman–Crippen LogP) is 5.83. The fourth-order valence-electron chi connectivity index (χ4n) is 2.61. The Morgan fingerprint density at radius 1 is 1.11 bits per heavy atom. The minimum atomic E-state index is 0.864. The fourth-order valence-corrected chi connectivity index (χ4v) is 3.33. The van der Waals surface area contributed by atoms with Crippen LogP contribution in [0.5, 0.6) is 0 Å². The summed E-state index contributed by atoms with van der Waals surface area (Å²) in [6.07, 6.45) is 9.96. The third kappa shape index (κ3) is 4.72. The topological polar surface area (TPSA) is 12.0 Å². The second kappa shape index (κ2) is 7.73. The van der Waals surface area contributed by atoms with Crippen LogP contribution in [0.25, 0.3) is 0 Å². The van der Waals surface area contributed by atoms with Gasteiger partial charge in [-0.05, 0) is 75.5 Å². The molecular formula is C15H21BrIN. The van der Waals surface area contributed by atoms with E-state index >= 15 is 0 Å². The largest absolute Gasteiger partial charge is 0.385 e. The van der Waals surface area contributed by atoms with Gasteiger partial charge < -0.3 is 5.32 Å². The third-order valence-electron chi connectivity index (χ3n) is 3.74. The predicted molar refractivity (Wildman–Crippen MR) is 91.2 cm³/mol. The molecule has 0 aliphatic heterocycles. The molecule has 1 nitrogen and oxygen atoms in total. The Morgan fingerprint density at radius 2 is 1.78 bits per heavy atom. The fraction of sp³-hybridized carbons (Fsp3) is 0.600. The van der Waals surface area contributed by atoms with Gasteiger partial charge in [0.25, 0.3) is 0 Å². The lowest BCUT2D eigenvalue weighted by Crippen LogP contribution is -2.15. The van der Waals surface area contributed by atoms with E-state index in [1.54, 1.807) is 0 Å². The molecule has 0 saturated heterocycles. The molecule has 1 aliphatic carbocycles. The van der Waals surface area contributed by atoms with Gasteiger partial charge in [-0.3, -0.25) is 0 Å². The Kier molecular flexibility index (Phi) is 6.29. The molecule has 1 aromatic rings. The highest BCUT2D eigenvalue weighted by Crippen LogP contribution is 2.25. The van der Waals surface area contributed by atoms with Crippen LogP contribution in [0, 0.1) is 9.49 Å². The molecule has 0 atom stereocenters. The zero-order chi connectivity index (χ0) is 12.8. The van der Waals surface area contributed by atoms with E-state index in [4.69, 9.17) is 0 Å². The van der Waals surface area contributed by atoms with E-state index in [0.29, 0.717) is 0 Å². The van der Waals surface area contributed by atoms with E-state index < -0.39 is 0 Å². The first-order valence-electron chi connectivity index (χ1n) is 6.94. The Hall–Kier alpha value is 0.230. The summed E-state index contributed by atoms with van der Waals surface area (Å²) in [7, 11) is 0. The Morgan fingerprint density at radius 3 is 2.44 bits per heavy atom. The molecule has 18 heavy (non-hydrogen) atoms. The standard InChI is InChI=1S/C15H21BrIN/c16-14-10-13(8-9-15(14)17)18-11-12-6-4-2-1-3-5-7-12/h8-10,12,18H,1-7,11H2. The molecule has 0 heterocycles. The minimum absolute atomic E-state index is 0.864. The number of hydrogen-bond acceptors (Lipinski definition) is 1. The Bertz CT molecular complexity index is 373. The summed E-state index contributed by atoms with van der Waals surface area (Å²) in [5, 5.41) is 3.60. The SMILES string of the molecule is Brc1cc(NCC2CCCCCCC2)ccc1I. The normalized spacial score (nSPS) is 18.1. The maximum atomic E-state index is 3.60. The molecular weight excluding hydrogens is 401 g/mol. The number of hydrogen-bond donors (Lipinski definition) is 1. The lowest BCUT2D eigenvalue weighted by Gasteiger charge is -2.20. The lowest BCUT2D eigenvalue weighted by atomic mass is 9.91. The average molecular weight is 422 g/mol. The number of rotatable bonds is 3. The molecule has 0 bridgehead atoms. The van der Waals surface area contributed by atoms with Crippen LogP contribution >= 0.6 is 38.5 Å². The van der Waals surface area contributed by atoms with Gasteiger partial charge in [0, 0.05) is 20.3 Å². The molecule has 0 amide bonds. The first-order valence-corrected chi connectivity index (χ1v) is 8.82. The number of halogens is 2. The summed E-state index contributed by atoms with van der Waals surface area (Å²) in [4.78, 5) is 0. The van der Waals surface area contributed by atoms with E-state index in [1.807, 2.05) is 0 Å². The van der Waals surface area contributed by atoms with E-state index in [2.05, 4.69) is 62.0 Å². The maximum absolute atomic E-state index is 3.60. The van der Waals surface area contributed by atoms with Crippen molar-refractivity contribution in [2.45, 2.75) is 44.9 Å². The highest BCUT2D eigenvalue weighted by atomic mass is 127. The van der Waals surface area contributed by atoms with Crippen LogP contribution in [0.3, 0.4) is 0 Å². The zero-order valence-electron chi connectivity index (χ0n) is 10.7. The first kappa shape index (κ1) is 14.6. The van der Waals surface area contributed by atoms with Crippen LogP contribution in [0.4, 0.5) is 5.69 Å². The van der Waals surface area contributed by atoms with Crippen molar-refractivity contribution in [3.05, 3.63) is 26.2 Å². The van der Waals surface area contributed by atoms with Crippen LogP contribution in [-0.2, 0) is 0 Å². The molecule has 3 heteroatoms. The van der Waals surface area contributed by atoms with Gasteiger partial charge >= 0.3 is 0 Å². The molecule has 0 spiro atoms. The molecule has 1 saturated carbocycles. The molecule has 1 aliphatic rings. The van der Waals surface area contributed by atoms with Gasteiger partial charge in [0.05, 0.1) is 0 Å². The summed E-state index contributed by atoms with van der Waals surface area (Å²) in [5.41, 5.74) is 1.24. The van der Waals surface area contributed by atoms with Crippen molar-refractivity contribution in [1.29, 1.82) is 0 Å². The molecule has 1 N–H and O–H groups in total. The Balaban J connectivity index is 1.83. The first-order chi connectivity index (χ1) is 8.75. The monoisotopic (exact) mass is 421 g/mol. The van der Waals surface area contributed by atoms with E-state index in [9.17, 15) is 0 Å². The third-order valence-corrected chi connectivity index (χ3v) is 6.08. The van der Waals surface area contributed by atoms with Crippen molar-refractivity contribution in [1.82, 2.24) is 0 Å². The van der Waals surface area contributed by atoms with E-state index in [-0.39, 0.29) is 0 Å². The van der Waals surface area contributed by atoms with Gasteiger partial charge in [-0.15, -0.1) is 0 Å². The second-order valence-corrected chi connectivity index (χ2v) is 7.24. The van der Waals surface area contributed by atoms with E-state index in [0.717, 1.165) is 12.5 Å². The van der Waals surface area contributed by atoms with E-state index in [1.165, 1.54) is 58.7 Å². The average Bonchev–Trinajstić information content (AvgIpc) is 2.32. The van der Waals surface area contributed by atoms with Gasteiger partial charge in [0.2, 0.25) is 0 Å². The van der Waals surface area contributed by atoms with Gasteiger partial charge in [0.15, 0.2) is 0 Å². The van der Waals surface area contributed by atoms with Gasteiger partial charge in [-0.2, -0.15) is 0 Å². The molecule has 1 fully saturated rings. The summed E-state index contributed by atoms with van der Waals surface area (Å²) >= 11 is 5.93. The van der Waals surface area contributed by atoms with Crippen molar-refractivity contribution in [2.75, 3.05) is 11.9 Å². The van der Waals surface area contributed by atoms with Crippen LogP contribution in [0.2, 0.25) is 0 Å². The summed E-state index contributed by atoms with van der Waals surface area (Å²) in [6.45, 7) is 1.13. The molecule has 0 aromatic heterocycles. The van der Waals surface area contributed by atoms with Crippen LogP contribution in [0.15, 0.2) is 22.7 Å². The molecule has 0 unspecified atom stereocenters. The summed E-state index contributed by atoms with van der Waals surface area (Å²) < 4.78 is 2.45. The second-order valence-electron chi connectivity index (χ2n) is 5.22. The number of nitrogens with one attached hydrogen (secondary N) is 1. The lowest BCUT2D eigenvalue weighted by molar-refractivity contribution is 0.392. The van der Waals surface area contributed by atoms with Crippen LogP contribution < -0.4 is 5.32 Å². The van der Waals surface area contributed by atoms with Crippen molar-refractivity contribution in [3.8, 4) is 0 Å². The molecule has 100 valence electrons. The molecule has 2 rings (SSSR count). The number of anilines is 1. The number of benzene rings is 1. The van der Waals surface area contributed by atoms with Crippen LogP contribution in [-0.4, -0.2) is 6.54 Å². The molecule has 0 radical (unpaired) electrons. The minimum Gasteiger partial charge on any atom is -0.385 e. The maximum Gasteiger partial charge on any atom is 0.0352 e. The van der Waals surface area contributed by atoms with Crippen molar-refractivity contribution in [3.63, 3.8) is 0 Å². The van der Waals surface area contributed by atoms with Crippen molar-refractivity contribution < 1.29 is 0 Å². The van der Waals surface area contributed by atoms with Crippen molar-refractivity contribution >= 4 is 44.2 Å². The summed E-state index contributed by atoms with van der Waals surface area (Å²) in [6, 6.07) is 6.52. The summed E-state index contributed by atoms with van der Waals surface area (Å²) in [5.74, 6) is 0.864. The van der Waals surface area contributed by atoms with Crippen molar-refractivity contribution in [2.24, 2.45) is 5.92 Å². The highest BCUT2D eigenvalue weighted by Gasteiger charge is 2.11. The highest BCUT2D eigenvalue weighted by molar-refractivity contribution is 14.1. The zero-order valence-corrected chi connectivity index (χ0v) is 14.5. The van der Waals surface area contributed by atoms with Gasteiger partial charge in [-0.1, -0.05) is 32.1 Å². The smallest absolute Gasteiger partial charge is 0.0352 e. The van der Waals surface area contributed by atoms with Gasteiger partial charge in [-0.25, -0.2) is 0 Å².